The zero-order chi connectivity index (χ0) is 25.2. The SMILES string of the molecule is COc1ccc2ncc3c(c2n1)[C@@H](CCNC[C@H]1CN(C2=COC=C(C4=CC=CCC4)O2)C(=O)O1)CO3. The van der Waals surface area contributed by atoms with Crippen LogP contribution in [0.1, 0.15) is 30.7 Å². The van der Waals surface area contributed by atoms with Crippen LogP contribution in [0.15, 0.2) is 66.3 Å². The number of nitrogens with one attached hydrogen (secondary N) is 1. The van der Waals surface area contributed by atoms with Crippen LogP contribution in [0.5, 0.6) is 11.6 Å². The van der Waals surface area contributed by atoms with Crippen molar-refractivity contribution < 1.29 is 28.5 Å². The average molecular weight is 505 g/mol. The molecule has 0 saturated carbocycles. The van der Waals surface area contributed by atoms with Gasteiger partial charge in [-0.15, -0.1) is 0 Å². The lowest BCUT2D eigenvalue weighted by molar-refractivity contribution is 0.118. The second-order valence-electron chi connectivity index (χ2n) is 9.21. The summed E-state index contributed by atoms with van der Waals surface area (Å²) in [5, 5.41) is 3.42. The molecular weight excluding hydrogens is 476 g/mol. The Bertz CT molecular complexity index is 1330. The van der Waals surface area contributed by atoms with Gasteiger partial charge in [0.05, 0.1) is 32.0 Å². The number of cyclic esters (lactones) is 1. The fourth-order valence-corrected chi connectivity index (χ4v) is 4.91. The first-order chi connectivity index (χ1) is 18.2. The number of allylic oxidation sites excluding steroid dienone is 4. The molecule has 1 fully saturated rings. The molecule has 1 N–H and O–H groups in total. The number of amides is 1. The van der Waals surface area contributed by atoms with Crippen LogP contribution in [0.2, 0.25) is 0 Å². The van der Waals surface area contributed by atoms with Crippen LogP contribution in [0, 0.1) is 0 Å². The lowest BCUT2D eigenvalue weighted by atomic mass is 9.97. The fraction of sp³-hybridized carbons (Fsp3) is 0.370. The van der Waals surface area contributed by atoms with Gasteiger partial charge in [-0.1, -0.05) is 18.2 Å². The summed E-state index contributed by atoms with van der Waals surface area (Å²) in [6.07, 6.45) is 12.8. The topological polar surface area (TPSA) is 104 Å². The van der Waals surface area contributed by atoms with Gasteiger partial charge in [-0.05, 0) is 37.4 Å². The van der Waals surface area contributed by atoms with E-state index in [9.17, 15) is 4.79 Å². The van der Waals surface area contributed by atoms with E-state index in [-0.39, 0.29) is 12.0 Å². The molecule has 0 radical (unpaired) electrons. The molecule has 10 heteroatoms. The Morgan fingerprint density at radius 1 is 1.27 bits per heavy atom. The molecule has 2 aromatic heterocycles. The number of ether oxygens (including phenoxy) is 5. The fourth-order valence-electron chi connectivity index (χ4n) is 4.91. The summed E-state index contributed by atoms with van der Waals surface area (Å²) < 4.78 is 28.2. The minimum Gasteiger partial charge on any atom is -0.491 e. The van der Waals surface area contributed by atoms with E-state index in [0.29, 0.717) is 37.2 Å². The van der Waals surface area contributed by atoms with Crippen LogP contribution < -0.4 is 14.8 Å². The van der Waals surface area contributed by atoms with Crippen molar-refractivity contribution in [2.45, 2.75) is 31.3 Å². The lowest BCUT2D eigenvalue weighted by Crippen LogP contribution is -2.32. The molecule has 3 aliphatic heterocycles. The number of pyridine rings is 2. The monoisotopic (exact) mass is 504 g/mol. The highest BCUT2D eigenvalue weighted by Crippen LogP contribution is 2.39. The largest absolute Gasteiger partial charge is 0.491 e. The highest BCUT2D eigenvalue weighted by Gasteiger charge is 2.36. The van der Waals surface area contributed by atoms with E-state index in [2.05, 4.69) is 21.4 Å². The van der Waals surface area contributed by atoms with E-state index in [1.54, 1.807) is 19.6 Å². The Morgan fingerprint density at radius 3 is 3.08 bits per heavy atom. The highest BCUT2D eigenvalue weighted by molar-refractivity contribution is 5.81. The number of hydrogen-bond donors (Lipinski definition) is 1. The molecule has 0 spiro atoms. The molecular formula is C27H28N4O6. The van der Waals surface area contributed by atoms with Crippen molar-refractivity contribution in [2.75, 3.05) is 33.4 Å². The molecule has 1 aliphatic carbocycles. The molecule has 37 heavy (non-hydrogen) atoms. The molecule has 1 amide bonds. The lowest BCUT2D eigenvalue weighted by Gasteiger charge is -2.23. The standard InChI is InChI=1S/C27H28N4O6/c1-33-23-8-7-20-26(30-23)25-18(14-35-21(25)12-29-20)9-10-28-11-19-13-31(27(32)36-19)24-16-34-15-22(37-24)17-5-3-2-4-6-17/h2-3,5,7-8,12,15-16,18-19,28H,4,6,9-11,13-14H2,1H3/t18-,19-/m0/s1. The molecule has 1 saturated heterocycles. The maximum absolute atomic E-state index is 12.5. The first-order valence-electron chi connectivity index (χ1n) is 12.4. The smallest absolute Gasteiger partial charge is 0.417 e. The van der Waals surface area contributed by atoms with Crippen molar-refractivity contribution in [1.29, 1.82) is 0 Å². The Hall–Kier alpha value is -4.05. The van der Waals surface area contributed by atoms with E-state index in [1.807, 2.05) is 24.3 Å². The van der Waals surface area contributed by atoms with Gasteiger partial charge >= 0.3 is 6.09 Å². The quantitative estimate of drug-likeness (QED) is 0.536. The number of nitrogens with zero attached hydrogens (tertiary/aromatic N) is 3. The predicted octanol–water partition coefficient (Wildman–Crippen LogP) is 3.88. The van der Waals surface area contributed by atoms with E-state index >= 15 is 0 Å². The van der Waals surface area contributed by atoms with Crippen LogP contribution in [0.4, 0.5) is 4.79 Å². The zero-order valence-corrected chi connectivity index (χ0v) is 20.5. The first kappa shape index (κ1) is 23.4. The highest BCUT2D eigenvalue weighted by atomic mass is 16.6. The molecule has 4 aliphatic rings. The normalized spacial score (nSPS) is 22.4. The number of carbonyl (C=O) groups is 1. The second kappa shape index (κ2) is 10.1. The van der Waals surface area contributed by atoms with Gasteiger partial charge in [-0.2, -0.15) is 0 Å². The van der Waals surface area contributed by atoms with Crippen molar-refractivity contribution in [2.24, 2.45) is 0 Å². The molecule has 192 valence electrons. The van der Waals surface area contributed by atoms with Gasteiger partial charge in [0.1, 0.15) is 23.6 Å². The number of rotatable bonds is 8. The van der Waals surface area contributed by atoms with Crippen LogP contribution >= 0.6 is 0 Å². The summed E-state index contributed by atoms with van der Waals surface area (Å²) in [6.45, 7) is 2.21. The van der Waals surface area contributed by atoms with Crippen LogP contribution in [0.3, 0.4) is 0 Å². The summed E-state index contributed by atoms with van der Waals surface area (Å²) in [6, 6.07) is 3.72. The molecule has 10 nitrogen and oxygen atoms in total. The minimum absolute atomic E-state index is 0.183. The summed E-state index contributed by atoms with van der Waals surface area (Å²) >= 11 is 0. The Balaban J connectivity index is 1.02. The molecule has 2 atom stereocenters. The van der Waals surface area contributed by atoms with E-state index in [1.165, 1.54) is 11.2 Å². The van der Waals surface area contributed by atoms with Gasteiger partial charge in [-0.3, -0.25) is 4.98 Å². The predicted molar refractivity (Wildman–Crippen MR) is 134 cm³/mol. The van der Waals surface area contributed by atoms with Crippen LogP contribution in [-0.2, 0) is 14.2 Å². The Morgan fingerprint density at radius 2 is 2.22 bits per heavy atom. The molecule has 0 unspecified atom stereocenters. The summed E-state index contributed by atoms with van der Waals surface area (Å²) in [5.74, 6) is 2.46. The van der Waals surface area contributed by atoms with Gasteiger partial charge < -0.3 is 29.0 Å². The number of methoxy groups -OCH3 is 1. The summed E-state index contributed by atoms with van der Waals surface area (Å²) in [4.78, 5) is 23.1. The van der Waals surface area contributed by atoms with Gasteiger partial charge in [0, 0.05) is 24.1 Å². The van der Waals surface area contributed by atoms with Gasteiger partial charge in [0.2, 0.25) is 11.8 Å². The number of hydrogen-bond acceptors (Lipinski definition) is 9. The Kier molecular flexibility index (Phi) is 6.40. The van der Waals surface area contributed by atoms with Crippen molar-refractivity contribution in [3.05, 3.63) is 71.9 Å². The van der Waals surface area contributed by atoms with Crippen molar-refractivity contribution >= 4 is 17.1 Å². The van der Waals surface area contributed by atoms with Crippen molar-refractivity contribution in [3.8, 4) is 11.6 Å². The van der Waals surface area contributed by atoms with Gasteiger partial charge in [-0.25, -0.2) is 14.7 Å². The van der Waals surface area contributed by atoms with Gasteiger partial charge in [0.15, 0.2) is 12.0 Å². The van der Waals surface area contributed by atoms with Crippen molar-refractivity contribution in [1.82, 2.24) is 20.2 Å². The first-order valence-corrected chi connectivity index (χ1v) is 12.4. The average Bonchev–Trinajstić information content (AvgIpc) is 3.54. The molecule has 0 aromatic carbocycles. The third-order valence-corrected chi connectivity index (χ3v) is 6.82. The van der Waals surface area contributed by atoms with E-state index < -0.39 is 6.09 Å². The summed E-state index contributed by atoms with van der Waals surface area (Å²) in [5.41, 5.74) is 3.74. The number of carbonyl (C=O) groups excluding carboxylic acids is 1. The summed E-state index contributed by atoms with van der Waals surface area (Å²) in [7, 11) is 1.60. The third kappa shape index (κ3) is 4.72. The van der Waals surface area contributed by atoms with Gasteiger partial charge in [0.25, 0.3) is 0 Å². The second-order valence-corrected chi connectivity index (χ2v) is 9.21. The number of aromatic nitrogens is 2. The van der Waals surface area contributed by atoms with Crippen LogP contribution in [0.25, 0.3) is 11.0 Å². The van der Waals surface area contributed by atoms with Crippen molar-refractivity contribution in [3.63, 3.8) is 0 Å². The zero-order valence-electron chi connectivity index (χ0n) is 20.5. The molecule has 5 heterocycles. The molecule has 0 bridgehead atoms. The van der Waals surface area contributed by atoms with Crippen LogP contribution in [-0.4, -0.2) is 60.4 Å². The maximum Gasteiger partial charge on any atom is 0.417 e. The molecule has 2 aromatic rings. The van der Waals surface area contributed by atoms with E-state index in [4.69, 9.17) is 23.7 Å². The van der Waals surface area contributed by atoms with E-state index in [0.717, 1.165) is 53.7 Å². The third-order valence-electron chi connectivity index (χ3n) is 6.82. The number of fused-ring (bicyclic) bond motifs is 3. The Labute approximate surface area is 214 Å². The minimum atomic E-state index is -0.447. The molecule has 6 rings (SSSR count). The maximum atomic E-state index is 12.5.